The second-order valence-electron chi connectivity index (χ2n) is 27.8. The van der Waals surface area contributed by atoms with Crippen molar-refractivity contribution >= 4 is 11.9 Å². The second kappa shape index (κ2) is 76.8. The fourth-order valence-corrected chi connectivity index (χ4v) is 12.9. The van der Waals surface area contributed by atoms with Crippen molar-refractivity contribution in [2.24, 2.45) is 0 Å². The van der Waals surface area contributed by atoms with Crippen LogP contribution in [-0.4, -0.2) is 47.4 Å². The van der Waals surface area contributed by atoms with Crippen LogP contribution in [0.5, 0.6) is 0 Å². The second-order valence-corrected chi connectivity index (χ2v) is 27.8. The minimum Gasteiger partial charge on any atom is -0.466 e. The van der Waals surface area contributed by atoms with E-state index in [1.807, 2.05) is 0 Å². The Kier molecular flexibility index (Phi) is 75.3. The van der Waals surface area contributed by atoms with Crippen LogP contribution in [0.4, 0.5) is 0 Å². The molecule has 1 amide bonds. The summed E-state index contributed by atoms with van der Waals surface area (Å²) in [4.78, 5) is 24.6. The van der Waals surface area contributed by atoms with Crippen LogP contribution in [-0.2, 0) is 14.3 Å². The summed E-state index contributed by atoms with van der Waals surface area (Å²) in [5.74, 6) is -0.00377. The lowest BCUT2D eigenvalue weighted by Crippen LogP contribution is -2.45. The molecule has 0 heterocycles. The van der Waals surface area contributed by atoms with Crippen molar-refractivity contribution in [2.75, 3.05) is 13.2 Å². The number of carbonyl (C=O) groups is 2. The smallest absolute Gasteiger partial charge is 0.305 e. The molecule has 87 heavy (non-hydrogen) atoms. The third kappa shape index (κ3) is 73.3. The normalized spacial score (nSPS) is 12.6. The minimum atomic E-state index is -0.661. The molecule has 0 saturated carbocycles. The Hall–Kier alpha value is -1.66. The standard InChI is InChI=1S/C81H157NO5/c1-3-5-7-9-11-13-15-17-18-19-41-45-48-51-55-59-63-67-71-75-81(86)87-76-72-68-64-60-56-52-49-46-43-40-38-36-34-32-30-28-26-24-22-20-21-23-25-27-29-31-33-35-37-39-42-44-47-50-54-58-62-66-70-74-80(85)82-78(77-83)79(84)73-69-65-61-57-53-16-14-12-10-8-6-4-2/h20-21,24,26,78-79,83-84H,3-19,22-23,25,27-77H2,1-2H3,(H,82,85)/b21-20-,26-24-. The first-order valence-electron chi connectivity index (χ1n) is 40.1. The lowest BCUT2D eigenvalue weighted by molar-refractivity contribution is -0.143. The van der Waals surface area contributed by atoms with E-state index in [0.717, 1.165) is 44.9 Å². The van der Waals surface area contributed by atoms with Crippen LogP contribution in [0.25, 0.3) is 0 Å². The predicted octanol–water partition coefficient (Wildman–Crippen LogP) is 26.4. The Bertz CT molecular complexity index is 1360. The summed E-state index contributed by atoms with van der Waals surface area (Å²) < 4.78 is 5.52. The van der Waals surface area contributed by atoms with Crippen molar-refractivity contribution in [1.82, 2.24) is 5.32 Å². The molecule has 0 aromatic rings. The quantitative estimate of drug-likeness (QED) is 0.0320. The van der Waals surface area contributed by atoms with Crippen molar-refractivity contribution in [3.05, 3.63) is 24.3 Å². The highest BCUT2D eigenvalue weighted by molar-refractivity contribution is 5.76. The van der Waals surface area contributed by atoms with E-state index >= 15 is 0 Å². The first kappa shape index (κ1) is 85.3. The molecule has 0 spiro atoms. The number of aliphatic hydroxyl groups excluding tert-OH is 2. The third-order valence-electron chi connectivity index (χ3n) is 19.0. The Labute approximate surface area is 545 Å². The number of carbonyl (C=O) groups excluding carboxylic acids is 2. The molecular formula is C81H157NO5. The molecule has 0 aromatic heterocycles. The lowest BCUT2D eigenvalue weighted by atomic mass is 10.0. The summed E-state index contributed by atoms with van der Waals surface area (Å²) in [6.07, 6.45) is 98.6. The molecule has 2 atom stereocenters. The molecule has 516 valence electrons. The number of unbranched alkanes of at least 4 members (excludes halogenated alkanes) is 61. The van der Waals surface area contributed by atoms with Gasteiger partial charge in [0.05, 0.1) is 25.4 Å². The van der Waals surface area contributed by atoms with Crippen LogP contribution in [0, 0.1) is 0 Å². The van der Waals surface area contributed by atoms with E-state index in [0.29, 0.717) is 25.9 Å². The van der Waals surface area contributed by atoms with Crippen molar-refractivity contribution < 1.29 is 24.5 Å². The fourth-order valence-electron chi connectivity index (χ4n) is 12.9. The Balaban J connectivity index is 3.31. The van der Waals surface area contributed by atoms with Gasteiger partial charge in [0.15, 0.2) is 0 Å². The van der Waals surface area contributed by atoms with E-state index in [4.69, 9.17) is 4.74 Å². The first-order chi connectivity index (χ1) is 43.0. The maximum absolute atomic E-state index is 12.5. The van der Waals surface area contributed by atoms with Crippen LogP contribution in [0.15, 0.2) is 24.3 Å². The zero-order chi connectivity index (χ0) is 62.8. The highest BCUT2D eigenvalue weighted by atomic mass is 16.5. The topological polar surface area (TPSA) is 95.9 Å². The highest BCUT2D eigenvalue weighted by Crippen LogP contribution is 2.20. The van der Waals surface area contributed by atoms with Crippen LogP contribution in [0.3, 0.4) is 0 Å². The average molecular weight is 1230 g/mol. The first-order valence-corrected chi connectivity index (χ1v) is 40.1. The third-order valence-corrected chi connectivity index (χ3v) is 19.0. The number of hydrogen-bond acceptors (Lipinski definition) is 5. The average Bonchev–Trinajstić information content (AvgIpc) is 3.54. The van der Waals surface area contributed by atoms with Crippen molar-refractivity contribution in [3.8, 4) is 0 Å². The Morgan fingerprint density at radius 1 is 0.322 bits per heavy atom. The number of ether oxygens (including phenoxy) is 1. The molecule has 0 aliphatic heterocycles. The minimum absolute atomic E-state index is 0.0261. The van der Waals surface area contributed by atoms with Gasteiger partial charge in [0.25, 0.3) is 0 Å². The van der Waals surface area contributed by atoms with Crippen LogP contribution in [0.2, 0.25) is 0 Å². The van der Waals surface area contributed by atoms with Crippen LogP contribution in [0.1, 0.15) is 457 Å². The number of hydrogen-bond donors (Lipinski definition) is 3. The molecule has 0 radical (unpaired) electrons. The van der Waals surface area contributed by atoms with Gasteiger partial charge in [-0.3, -0.25) is 9.59 Å². The predicted molar refractivity (Wildman–Crippen MR) is 384 cm³/mol. The molecule has 0 fully saturated rings. The van der Waals surface area contributed by atoms with Gasteiger partial charge < -0.3 is 20.3 Å². The Morgan fingerprint density at radius 2 is 0.575 bits per heavy atom. The molecular weight excluding hydrogens is 1070 g/mol. The number of esters is 1. The Morgan fingerprint density at radius 3 is 0.874 bits per heavy atom. The lowest BCUT2D eigenvalue weighted by Gasteiger charge is -2.22. The SMILES string of the molecule is CCCCCCCCCCCCCCCCCCCCCC(=O)OCCCCCCCCCCCCCCCCC/C=C\C/C=C\CCCCCCCCCCCCCCCCCCCC(=O)NC(CO)C(O)CCCCCCCCCCCCCC. The van der Waals surface area contributed by atoms with E-state index in [1.165, 1.54) is 379 Å². The van der Waals surface area contributed by atoms with Crippen LogP contribution < -0.4 is 5.32 Å². The number of nitrogens with one attached hydrogen (secondary N) is 1. The fraction of sp³-hybridized carbons (Fsp3) is 0.926. The molecule has 0 saturated heterocycles. The van der Waals surface area contributed by atoms with Gasteiger partial charge in [-0.15, -0.1) is 0 Å². The van der Waals surface area contributed by atoms with E-state index in [9.17, 15) is 19.8 Å². The van der Waals surface area contributed by atoms with E-state index in [-0.39, 0.29) is 18.5 Å². The van der Waals surface area contributed by atoms with Crippen LogP contribution >= 0.6 is 0 Å². The maximum atomic E-state index is 12.5. The molecule has 0 aliphatic rings. The number of amides is 1. The monoisotopic (exact) mass is 1220 g/mol. The van der Waals surface area contributed by atoms with Gasteiger partial charge in [-0.25, -0.2) is 0 Å². The number of rotatable bonds is 76. The zero-order valence-electron chi connectivity index (χ0n) is 59.3. The summed E-state index contributed by atoms with van der Waals surface area (Å²) in [5, 5.41) is 23.3. The molecule has 3 N–H and O–H groups in total. The summed E-state index contributed by atoms with van der Waals surface area (Å²) in [7, 11) is 0. The maximum Gasteiger partial charge on any atom is 0.305 e. The van der Waals surface area contributed by atoms with Gasteiger partial charge in [0.2, 0.25) is 5.91 Å². The molecule has 0 aliphatic carbocycles. The van der Waals surface area contributed by atoms with Gasteiger partial charge in [-0.2, -0.15) is 0 Å². The van der Waals surface area contributed by atoms with Crippen molar-refractivity contribution in [2.45, 2.75) is 469 Å². The molecule has 0 bridgehead atoms. The van der Waals surface area contributed by atoms with E-state index in [2.05, 4.69) is 43.5 Å². The molecule has 6 heteroatoms. The van der Waals surface area contributed by atoms with Gasteiger partial charge >= 0.3 is 5.97 Å². The molecule has 6 nitrogen and oxygen atoms in total. The van der Waals surface area contributed by atoms with Gasteiger partial charge in [0, 0.05) is 12.8 Å². The van der Waals surface area contributed by atoms with Gasteiger partial charge in [0.1, 0.15) is 0 Å². The summed E-state index contributed by atoms with van der Waals surface area (Å²) in [6, 6.07) is -0.538. The van der Waals surface area contributed by atoms with Gasteiger partial charge in [-0.1, -0.05) is 411 Å². The van der Waals surface area contributed by atoms with E-state index < -0.39 is 12.1 Å². The number of aliphatic hydroxyl groups is 2. The summed E-state index contributed by atoms with van der Waals surface area (Å²) in [5.41, 5.74) is 0. The highest BCUT2D eigenvalue weighted by Gasteiger charge is 2.20. The molecule has 0 rings (SSSR count). The van der Waals surface area contributed by atoms with Crippen molar-refractivity contribution in [1.29, 1.82) is 0 Å². The zero-order valence-corrected chi connectivity index (χ0v) is 59.3. The largest absolute Gasteiger partial charge is 0.466 e. The summed E-state index contributed by atoms with van der Waals surface area (Å²) in [6.45, 7) is 5.00. The van der Waals surface area contributed by atoms with Crippen molar-refractivity contribution in [3.63, 3.8) is 0 Å². The summed E-state index contributed by atoms with van der Waals surface area (Å²) >= 11 is 0. The molecule has 2 unspecified atom stereocenters. The number of allylic oxidation sites excluding steroid dienone is 4. The van der Waals surface area contributed by atoms with E-state index in [1.54, 1.807) is 0 Å². The molecule has 0 aromatic carbocycles. The van der Waals surface area contributed by atoms with Gasteiger partial charge in [-0.05, 0) is 57.8 Å².